The molecule has 4 N–H and O–H groups in total. The molecule has 0 spiro atoms. The largest absolute Gasteiger partial charge is 0.889 e. The van der Waals surface area contributed by atoms with E-state index in [0.29, 0.717) is 5.46 Å². The molecule has 0 aliphatic heterocycles. The van der Waals surface area contributed by atoms with E-state index in [2.05, 4.69) is 45.3 Å². The van der Waals surface area contributed by atoms with Crippen LogP contribution >= 0.6 is 0 Å². The predicted octanol–water partition coefficient (Wildman–Crippen LogP) is 28.3. The maximum absolute atomic E-state index is 10.8. The molecule has 0 heterocycles. The van der Waals surface area contributed by atoms with Gasteiger partial charge < -0.3 is 20.7 Å². The molecule has 0 aromatic heterocycles. The van der Waals surface area contributed by atoms with Gasteiger partial charge in [-0.05, 0) is 69.8 Å². The first kappa shape index (κ1) is 100. The zero-order valence-corrected chi connectivity index (χ0v) is 69.5. The summed E-state index contributed by atoms with van der Waals surface area (Å²) in [5.74, 6) is 0. The number of benzene rings is 1. The van der Waals surface area contributed by atoms with Crippen LogP contribution in [-0.4, -0.2) is 33.3 Å². The van der Waals surface area contributed by atoms with Gasteiger partial charge in [-0.2, -0.15) is 0 Å². The normalized spacial score (nSPS) is 11.4. The van der Waals surface area contributed by atoms with Gasteiger partial charge in [0, 0.05) is 0 Å². The molecular formula is C94H189BN2O2. The number of hydrogen-bond acceptors (Lipinski definition) is 2. The van der Waals surface area contributed by atoms with Crippen molar-refractivity contribution < 1.29 is 20.7 Å². The van der Waals surface area contributed by atoms with E-state index >= 15 is 0 Å². The third-order valence-electron chi connectivity index (χ3n) is 22.1. The number of hydrogen-bond donors (Lipinski definition) is 2. The summed E-state index contributed by atoms with van der Waals surface area (Å²) in [7, 11) is -1.85. The minimum atomic E-state index is -1.85. The topological polar surface area (TPSA) is 79.3 Å². The van der Waals surface area contributed by atoms with Crippen molar-refractivity contribution in [3.63, 3.8) is 0 Å². The van der Waals surface area contributed by atoms with Gasteiger partial charge in [-0.15, -0.1) is 5.46 Å². The van der Waals surface area contributed by atoms with Crippen molar-refractivity contribution >= 4 is 12.6 Å². The van der Waals surface area contributed by atoms with Crippen molar-refractivity contribution in [2.24, 2.45) is 0 Å². The fraction of sp³-hybridized carbons (Fsp3) is 0.936. The Morgan fingerprint density at radius 2 is 0.313 bits per heavy atom. The van der Waals surface area contributed by atoms with Gasteiger partial charge in [0.1, 0.15) is 0 Å². The molecule has 0 unspecified atom stereocenters. The van der Waals surface area contributed by atoms with Crippen LogP contribution in [0.2, 0.25) is 0 Å². The number of aryl methyl sites for hydroxylation is 1. The maximum atomic E-state index is 10.8. The monoisotopic (exact) mass is 1390 g/mol. The van der Waals surface area contributed by atoms with Gasteiger partial charge in [0.25, 0.3) is 0 Å². The van der Waals surface area contributed by atoms with Crippen molar-refractivity contribution in [3.05, 3.63) is 29.8 Å². The molecule has 0 amide bonds. The van der Waals surface area contributed by atoms with Crippen molar-refractivity contribution in [2.45, 2.75) is 542 Å². The quantitative estimate of drug-likeness (QED) is 0.0503. The Balaban J connectivity index is 0. The molecule has 0 saturated carbocycles. The molecule has 99 heavy (non-hydrogen) atoms. The highest BCUT2D eigenvalue weighted by molar-refractivity contribution is 6.55. The predicted molar refractivity (Wildman–Crippen MR) is 447 cm³/mol. The lowest BCUT2D eigenvalue weighted by molar-refractivity contribution is -0.655. The van der Waals surface area contributed by atoms with Crippen LogP contribution in [0, 0.1) is 0 Å². The van der Waals surface area contributed by atoms with Crippen molar-refractivity contribution in [1.82, 2.24) is 0 Å². The highest BCUT2D eigenvalue weighted by Gasteiger charge is 2.03. The Morgan fingerprint density at radius 3 is 0.455 bits per heavy atom. The van der Waals surface area contributed by atoms with Gasteiger partial charge >= 0.3 is 0 Å². The van der Waals surface area contributed by atoms with Crippen LogP contribution in [-0.2, 0) is 6.42 Å². The second-order valence-electron chi connectivity index (χ2n) is 32.4. The van der Waals surface area contributed by atoms with Gasteiger partial charge in [-0.25, -0.2) is 0 Å². The molecule has 0 fully saturated rings. The lowest BCUT2D eigenvalue weighted by atomic mass is 9.80. The molecule has 0 radical (unpaired) electrons. The molecular weight excluding hydrogens is 1200 g/mol. The summed E-state index contributed by atoms with van der Waals surface area (Å²) in [4.78, 5) is 0. The highest BCUT2D eigenvalue weighted by Crippen LogP contribution is 2.20. The van der Waals surface area contributed by atoms with E-state index in [4.69, 9.17) is 0 Å². The lowest BCUT2D eigenvalue weighted by Gasteiger charge is -2.26. The Kier molecular flexibility index (Phi) is 96.3. The molecule has 0 aliphatic carbocycles. The maximum Gasteiger partial charge on any atom is 0.0755 e. The van der Waals surface area contributed by atoms with E-state index in [-0.39, 0.29) is 0 Å². The second-order valence-corrected chi connectivity index (χ2v) is 32.4. The number of unbranched alkanes of at least 4 members (excludes halogenated alkanes) is 73. The van der Waals surface area contributed by atoms with Crippen LogP contribution in [0.25, 0.3) is 0 Å². The van der Waals surface area contributed by atoms with Gasteiger partial charge in [-0.1, -0.05) is 509 Å². The second kappa shape index (κ2) is 95.1. The molecule has 1 rings (SSSR count). The minimum Gasteiger partial charge on any atom is -0.889 e. The number of rotatable bonds is 84. The number of quaternary nitrogens is 2. The molecule has 590 valence electrons. The molecule has 5 heteroatoms. The third kappa shape index (κ3) is 93.2. The lowest BCUT2D eigenvalue weighted by Crippen LogP contribution is -2.84. The van der Waals surface area contributed by atoms with Crippen molar-refractivity contribution in [3.8, 4) is 0 Å². The number of nitrogens with two attached hydrogens (primary N) is 2. The van der Waals surface area contributed by atoms with E-state index in [0.717, 1.165) is 6.42 Å². The van der Waals surface area contributed by atoms with Crippen LogP contribution < -0.4 is 26.1 Å². The van der Waals surface area contributed by atoms with Gasteiger partial charge in [0.2, 0.25) is 0 Å². The Bertz CT molecular complexity index is 1350. The average molecular weight is 1390 g/mol. The summed E-state index contributed by atoms with van der Waals surface area (Å²) in [5.41, 5.74) is 1.59. The third-order valence-corrected chi connectivity index (χ3v) is 22.1. The smallest absolute Gasteiger partial charge is 0.0755 e. The van der Waals surface area contributed by atoms with E-state index in [1.54, 1.807) is 12.1 Å². The van der Waals surface area contributed by atoms with Crippen molar-refractivity contribution in [2.75, 3.05) is 26.2 Å². The van der Waals surface area contributed by atoms with Crippen LogP contribution in [0.5, 0.6) is 0 Å². The van der Waals surface area contributed by atoms with Crippen LogP contribution in [0.15, 0.2) is 24.3 Å². The summed E-state index contributed by atoms with van der Waals surface area (Å²) in [6.07, 6.45) is 114. The fourth-order valence-corrected chi connectivity index (χ4v) is 15.0. The van der Waals surface area contributed by atoms with Gasteiger partial charge in [0.05, 0.1) is 26.2 Å². The molecule has 1 aromatic carbocycles. The van der Waals surface area contributed by atoms with Gasteiger partial charge in [0.15, 0.2) is 0 Å². The Hall–Kier alpha value is -0.875. The summed E-state index contributed by atoms with van der Waals surface area (Å²) in [6.45, 7) is 17.0. The van der Waals surface area contributed by atoms with Crippen molar-refractivity contribution in [1.29, 1.82) is 0 Å². The van der Waals surface area contributed by atoms with E-state index in [1.165, 1.54) is 533 Å². The fourth-order valence-electron chi connectivity index (χ4n) is 15.0. The molecule has 0 atom stereocenters. The van der Waals surface area contributed by atoms with Crippen LogP contribution in [0.4, 0.5) is 0 Å². The SMILES string of the molecule is CCCCCCCCCCCCCCCCCC[NH2+]CCCCCCCCCCCCCCCCCC.CCCCCCCCCCCCCCCCCC[NH2+]CCCCCCCCCCCCCCCCCC.CCCCCCCCCCCCCCCCc1ccc(B([O-])[O-])cc1. The molecule has 1 aromatic rings. The first-order chi connectivity index (χ1) is 49.1. The summed E-state index contributed by atoms with van der Waals surface area (Å²) in [5, 5.41) is 26.7. The molecule has 0 aliphatic rings. The Morgan fingerprint density at radius 1 is 0.182 bits per heavy atom. The summed E-state index contributed by atoms with van der Waals surface area (Å²) < 4.78 is 0. The van der Waals surface area contributed by atoms with E-state index < -0.39 is 7.12 Å². The van der Waals surface area contributed by atoms with Crippen LogP contribution in [0.1, 0.15) is 541 Å². The Labute approximate surface area is 627 Å². The highest BCUT2D eigenvalue weighted by atomic mass is 16.4. The molecule has 4 nitrogen and oxygen atoms in total. The summed E-state index contributed by atoms with van der Waals surface area (Å²) in [6, 6.07) is 7.23. The zero-order valence-electron chi connectivity index (χ0n) is 69.5. The first-order valence-electron chi connectivity index (χ1n) is 47.1. The van der Waals surface area contributed by atoms with E-state index in [9.17, 15) is 10.0 Å². The van der Waals surface area contributed by atoms with Gasteiger partial charge in [-0.3, -0.25) is 0 Å². The zero-order chi connectivity index (χ0) is 71.7. The average Bonchev–Trinajstić information content (AvgIpc) is 1.23. The minimum absolute atomic E-state index is 0.352. The first-order valence-corrected chi connectivity index (χ1v) is 47.1. The summed E-state index contributed by atoms with van der Waals surface area (Å²) >= 11 is 0. The molecule has 0 saturated heterocycles. The van der Waals surface area contributed by atoms with Crippen LogP contribution in [0.3, 0.4) is 0 Å². The molecule has 0 bridgehead atoms. The standard InChI is InChI=1S/2C36H75N.C22H37BO2/c2*1-3-5-7-9-11-13-15-17-19-21-23-25-27-29-31-33-35-37-36-34-32-30-28-26-24-22-20-18-16-14-12-10-8-6-4-2;1-2-3-4-5-6-7-8-9-10-11-12-13-14-15-16-21-17-19-22(20-18-21)23(24)25/h2*37H,3-36H2,1-2H3;17-20H,2-16H2,1H3/q;;-2/p+2. The van der Waals surface area contributed by atoms with E-state index in [1.807, 2.05) is 12.1 Å².